The van der Waals surface area contributed by atoms with Gasteiger partial charge in [-0.25, -0.2) is 8.42 Å². The van der Waals surface area contributed by atoms with Gasteiger partial charge in [0.05, 0.1) is 27.2 Å². The van der Waals surface area contributed by atoms with Crippen molar-refractivity contribution in [3.8, 4) is 6.07 Å². The van der Waals surface area contributed by atoms with E-state index in [2.05, 4.69) is 10.0 Å². The first-order valence-electron chi connectivity index (χ1n) is 8.08. The molecule has 3 rings (SSSR count). The van der Waals surface area contributed by atoms with Crippen LogP contribution in [0.25, 0.3) is 0 Å². The maximum Gasteiger partial charge on any atom is 0.261 e. The van der Waals surface area contributed by atoms with Crippen LogP contribution in [0.3, 0.4) is 0 Å². The van der Waals surface area contributed by atoms with E-state index in [9.17, 15) is 13.2 Å². The number of para-hydroxylation sites is 1. The molecule has 8 heteroatoms. The SMILES string of the molecule is N#Cc1cccc(NC(=O)c2ccc(S(=O)(=O)Nc3ccccc3Cl)cc2)c1. The first-order valence-corrected chi connectivity index (χ1v) is 9.94. The molecule has 0 saturated carbocycles. The van der Waals surface area contributed by atoms with Crippen LogP contribution in [0.4, 0.5) is 11.4 Å². The van der Waals surface area contributed by atoms with E-state index in [1.54, 1.807) is 48.5 Å². The third-order valence-corrected chi connectivity index (χ3v) is 5.51. The molecule has 2 N–H and O–H groups in total. The Bertz CT molecular complexity index is 1170. The Hall–Kier alpha value is -3.34. The molecular weight excluding hydrogens is 398 g/mol. The number of halogens is 1. The highest BCUT2D eigenvalue weighted by molar-refractivity contribution is 7.92. The van der Waals surface area contributed by atoms with Crippen LogP contribution in [0.1, 0.15) is 15.9 Å². The van der Waals surface area contributed by atoms with Gasteiger partial charge in [-0.3, -0.25) is 9.52 Å². The molecule has 0 radical (unpaired) electrons. The minimum Gasteiger partial charge on any atom is -0.322 e. The Morgan fingerprint density at radius 2 is 1.68 bits per heavy atom. The fourth-order valence-corrected chi connectivity index (χ4v) is 3.72. The van der Waals surface area contributed by atoms with Crippen molar-refractivity contribution in [3.63, 3.8) is 0 Å². The maximum absolute atomic E-state index is 12.5. The van der Waals surface area contributed by atoms with E-state index in [0.717, 1.165) is 0 Å². The van der Waals surface area contributed by atoms with Crippen LogP contribution in [-0.2, 0) is 10.0 Å². The maximum atomic E-state index is 12.5. The Balaban J connectivity index is 1.76. The molecule has 0 aliphatic rings. The number of nitrogens with zero attached hydrogens (tertiary/aromatic N) is 1. The second-order valence-electron chi connectivity index (χ2n) is 5.76. The van der Waals surface area contributed by atoms with Gasteiger partial charge in [0.1, 0.15) is 0 Å². The van der Waals surface area contributed by atoms with Crippen molar-refractivity contribution in [1.82, 2.24) is 0 Å². The van der Waals surface area contributed by atoms with E-state index in [1.807, 2.05) is 6.07 Å². The summed E-state index contributed by atoms with van der Waals surface area (Å²) >= 11 is 5.98. The molecule has 1 amide bonds. The molecule has 0 saturated heterocycles. The van der Waals surface area contributed by atoms with Crippen molar-refractivity contribution < 1.29 is 13.2 Å². The summed E-state index contributed by atoms with van der Waals surface area (Å²) in [5, 5.41) is 11.9. The lowest BCUT2D eigenvalue weighted by Crippen LogP contribution is -2.15. The highest BCUT2D eigenvalue weighted by atomic mass is 35.5. The predicted octanol–water partition coefficient (Wildman–Crippen LogP) is 4.26. The van der Waals surface area contributed by atoms with Gasteiger partial charge in [0.25, 0.3) is 15.9 Å². The molecule has 0 unspecified atom stereocenters. The van der Waals surface area contributed by atoms with Crippen LogP contribution in [0.5, 0.6) is 0 Å². The molecule has 6 nitrogen and oxygen atoms in total. The van der Waals surface area contributed by atoms with Crippen LogP contribution in [0.2, 0.25) is 5.02 Å². The number of hydrogen-bond donors (Lipinski definition) is 2. The number of carbonyl (C=O) groups is 1. The quantitative estimate of drug-likeness (QED) is 0.655. The summed E-state index contributed by atoms with van der Waals surface area (Å²) in [5.74, 6) is -0.418. The number of nitriles is 1. The second kappa shape index (κ2) is 8.13. The van der Waals surface area contributed by atoms with Gasteiger partial charge in [0, 0.05) is 11.3 Å². The topological polar surface area (TPSA) is 99.1 Å². The predicted molar refractivity (Wildman–Crippen MR) is 108 cm³/mol. The van der Waals surface area contributed by atoms with Crippen molar-refractivity contribution in [1.29, 1.82) is 5.26 Å². The Kier molecular flexibility index (Phi) is 5.64. The Morgan fingerprint density at radius 3 is 2.36 bits per heavy atom. The van der Waals surface area contributed by atoms with E-state index in [1.165, 1.54) is 24.3 Å². The number of hydrogen-bond acceptors (Lipinski definition) is 4. The van der Waals surface area contributed by atoms with E-state index < -0.39 is 15.9 Å². The van der Waals surface area contributed by atoms with E-state index in [-0.39, 0.29) is 21.2 Å². The molecule has 0 atom stereocenters. The lowest BCUT2D eigenvalue weighted by molar-refractivity contribution is 0.102. The Labute approximate surface area is 167 Å². The molecule has 3 aromatic rings. The molecule has 0 bridgehead atoms. The third kappa shape index (κ3) is 4.49. The fourth-order valence-electron chi connectivity index (χ4n) is 2.40. The van der Waals surface area contributed by atoms with Gasteiger partial charge in [0.15, 0.2) is 0 Å². The van der Waals surface area contributed by atoms with E-state index in [0.29, 0.717) is 11.3 Å². The molecule has 0 aliphatic heterocycles. The van der Waals surface area contributed by atoms with Gasteiger partial charge in [-0.15, -0.1) is 0 Å². The van der Waals surface area contributed by atoms with E-state index in [4.69, 9.17) is 16.9 Å². The summed E-state index contributed by atoms with van der Waals surface area (Å²) in [6.45, 7) is 0. The van der Waals surface area contributed by atoms with Gasteiger partial charge >= 0.3 is 0 Å². The highest BCUT2D eigenvalue weighted by Crippen LogP contribution is 2.24. The van der Waals surface area contributed by atoms with Gasteiger partial charge < -0.3 is 5.32 Å². The molecule has 0 spiro atoms. The first kappa shape index (κ1) is 19.4. The minimum atomic E-state index is -3.85. The molecular formula is C20H14ClN3O3S. The summed E-state index contributed by atoms with van der Waals surface area (Å²) < 4.78 is 27.4. The number of amides is 1. The Morgan fingerprint density at radius 1 is 0.964 bits per heavy atom. The number of anilines is 2. The summed E-state index contributed by atoms with van der Waals surface area (Å²) in [7, 11) is -3.85. The standard InChI is InChI=1S/C20H14ClN3O3S/c21-18-6-1-2-7-19(18)24-28(26,27)17-10-8-15(9-11-17)20(25)23-16-5-3-4-14(12-16)13-22/h1-12,24H,(H,23,25). The minimum absolute atomic E-state index is 0.00422. The van der Waals surface area contributed by atoms with Crippen LogP contribution >= 0.6 is 11.6 Å². The van der Waals surface area contributed by atoms with Gasteiger partial charge in [0.2, 0.25) is 0 Å². The number of nitrogens with one attached hydrogen (secondary N) is 2. The van der Waals surface area contributed by atoms with Crippen LogP contribution in [0.15, 0.2) is 77.7 Å². The third-order valence-electron chi connectivity index (χ3n) is 3.79. The summed E-state index contributed by atoms with van der Waals surface area (Å²) in [6, 6.07) is 20.5. The molecule has 0 aliphatic carbocycles. The average molecular weight is 412 g/mol. The summed E-state index contributed by atoms with van der Waals surface area (Å²) in [5.41, 5.74) is 1.44. The largest absolute Gasteiger partial charge is 0.322 e. The number of sulfonamides is 1. The van der Waals surface area contributed by atoms with Crippen molar-refractivity contribution in [2.24, 2.45) is 0 Å². The molecule has 0 heterocycles. The molecule has 140 valence electrons. The number of benzene rings is 3. The van der Waals surface area contributed by atoms with Crippen molar-refractivity contribution in [2.75, 3.05) is 10.0 Å². The molecule has 3 aromatic carbocycles. The number of carbonyl (C=O) groups excluding carboxylic acids is 1. The molecule has 0 fully saturated rings. The smallest absolute Gasteiger partial charge is 0.261 e. The van der Waals surface area contributed by atoms with Crippen LogP contribution < -0.4 is 10.0 Å². The van der Waals surface area contributed by atoms with Crippen molar-refractivity contribution in [2.45, 2.75) is 4.90 Å². The van der Waals surface area contributed by atoms with Crippen LogP contribution in [0, 0.1) is 11.3 Å². The van der Waals surface area contributed by atoms with Crippen molar-refractivity contribution in [3.05, 3.63) is 88.9 Å². The molecule has 0 aromatic heterocycles. The fraction of sp³-hybridized carbons (Fsp3) is 0. The summed E-state index contributed by atoms with van der Waals surface area (Å²) in [6.07, 6.45) is 0. The first-order chi connectivity index (χ1) is 13.4. The lowest BCUT2D eigenvalue weighted by atomic mass is 10.2. The summed E-state index contributed by atoms with van der Waals surface area (Å²) in [4.78, 5) is 12.3. The van der Waals surface area contributed by atoms with E-state index >= 15 is 0 Å². The second-order valence-corrected chi connectivity index (χ2v) is 7.85. The zero-order valence-corrected chi connectivity index (χ0v) is 16.0. The number of rotatable bonds is 5. The lowest BCUT2D eigenvalue weighted by Gasteiger charge is -2.10. The van der Waals surface area contributed by atoms with Crippen molar-refractivity contribution >= 4 is 38.9 Å². The normalized spacial score (nSPS) is 10.7. The van der Waals surface area contributed by atoms with Gasteiger partial charge in [-0.1, -0.05) is 29.8 Å². The van der Waals surface area contributed by atoms with Gasteiger partial charge in [-0.2, -0.15) is 5.26 Å². The monoisotopic (exact) mass is 411 g/mol. The van der Waals surface area contributed by atoms with Gasteiger partial charge in [-0.05, 0) is 54.6 Å². The zero-order chi connectivity index (χ0) is 20.1. The molecule has 28 heavy (non-hydrogen) atoms. The average Bonchev–Trinajstić information content (AvgIpc) is 2.70. The zero-order valence-electron chi connectivity index (χ0n) is 14.4. The van der Waals surface area contributed by atoms with Crippen LogP contribution in [-0.4, -0.2) is 14.3 Å². The highest BCUT2D eigenvalue weighted by Gasteiger charge is 2.16.